The Labute approximate surface area is 77.9 Å². The lowest BCUT2D eigenvalue weighted by Crippen LogP contribution is -2.34. The smallest absolute Gasteiger partial charge is 0.00924 e. The van der Waals surface area contributed by atoms with Crippen molar-refractivity contribution in [2.75, 3.05) is 6.54 Å². The number of hydrogen-bond donors (Lipinski definition) is 1. The minimum absolute atomic E-state index is 0.750. The molecule has 0 heterocycles. The molecule has 0 fully saturated rings. The molecule has 1 nitrogen and oxygen atoms in total. The highest BCUT2D eigenvalue weighted by molar-refractivity contribution is 4.71. The van der Waals surface area contributed by atoms with Crippen LogP contribution in [0.2, 0.25) is 0 Å². The molecule has 0 saturated heterocycles. The zero-order valence-corrected chi connectivity index (χ0v) is 9.19. The van der Waals surface area contributed by atoms with Gasteiger partial charge in [-0.15, -0.1) is 0 Å². The first kappa shape index (κ1) is 12.0. The minimum Gasteiger partial charge on any atom is -0.314 e. The molecular weight excluding hydrogens is 146 g/mol. The molecule has 0 amide bonds. The van der Waals surface area contributed by atoms with E-state index in [9.17, 15) is 0 Å². The molecule has 0 rings (SSSR count). The van der Waals surface area contributed by atoms with Gasteiger partial charge in [-0.25, -0.2) is 0 Å². The van der Waals surface area contributed by atoms with Crippen LogP contribution in [0, 0.1) is 5.92 Å². The molecule has 0 aliphatic carbocycles. The molecule has 74 valence electrons. The van der Waals surface area contributed by atoms with Crippen LogP contribution in [0.4, 0.5) is 0 Å². The molecule has 0 aromatic rings. The fraction of sp³-hybridized carbons (Fsp3) is 1.00. The van der Waals surface area contributed by atoms with Gasteiger partial charge < -0.3 is 5.32 Å². The minimum atomic E-state index is 0.750. The van der Waals surface area contributed by atoms with E-state index in [0.29, 0.717) is 0 Å². The summed E-state index contributed by atoms with van der Waals surface area (Å²) in [5.74, 6) is 0.830. The van der Waals surface area contributed by atoms with E-state index in [1.807, 2.05) is 0 Å². The number of nitrogens with one attached hydrogen (secondary N) is 1. The Balaban J connectivity index is 3.68. The van der Waals surface area contributed by atoms with Crippen molar-refractivity contribution in [3.8, 4) is 0 Å². The Morgan fingerprint density at radius 1 is 1.17 bits per heavy atom. The summed E-state index contributed by atoms with van der Waals surface area (Å²) in [7, 11) is 0. The summed E-state index contributed by atoms with van der Waals surface area (Å²) in [5.41, 5.74) is 0. The lowest BCUT2D eigenvalue weighted by Gasteiger charge is -2.23. The Morgan fingerprint density at radius 3 is 2.25 bits per heavy atom. The first-order valence-corrected chi connectivity index (χ1v) is 5.49. The Bertz CT molecular complexity index is 91.0. The SMILES string of the molecule is CCCCC(NCC)C(C)CC. The monoisotopic (exact) mass is 171 g/mol. The predicted molar refractivity (Wildman–Crippen MR) is 56.4 cm³/mol. The predicted octanol–water partition coefficient (Wildman–Crippen LogP) is 3.20. The van der Waals surface area contributed by atoms with Gasteiger partial charge in [0.15, 0.2) is 0 Å². The van der Waals surface area contributed by atoms with Crippen LogP contribution in [-0.4, -0.2) is 12.6 Å². The lowest BCUT2D eigenvalue weighted by molar-refractivity contribution is 0.346. The normalized spacial score (nSPS) is 16.0. The van der Waals surface area contributed by atoms with E-state index < -0.39 is 0 Å². The van der Waals surface area contributed by atoms with Gasteiger partial charge in [0.25, 0.3) is 0 Å². The summed E-state index contributed by atoms with van der Waals surface area (Å²) in [6.45, 7) is 10.2. The zero-order chi connectivity index (χ0) is 9.40. The largest absolute Gasteiger partial charge is 0.314 e. The second-order valence-electron chi connectivity index (χ2n) is 3.69. The van der Waals surface area contributed by atoms with Gasteiger partial charge in [0.1, 0.15) is 0 Å². The maximum atomic E-state index is 3.57. The van der Waals surface area contributed by atoms with E-state index in [4.69, 9.17) is 0 Å². The zero-order valence-electron chi connectivity index (χ0n) is 9.19. The Morgan fingerprint density at radius 2 is 1.83 bits per heavy atom. The molecule has 0 bridgehead atoms. The summed E-state index contributed by atoms with van der Waals surface area (Å²) in [6.07, 6.45) is 5.32. The fourth-order valence-electron chi connectivity index (χ4n) is 1.56. The van der Waals surface area contributed by atoms with E-state index in [1.54, 1.807) is 0 Å². The average Bonchev–Trinajstić information content (AvgIpc) is 2.11. The van der Waals surface area contributed by atoms with Gasteiger partial charge in [0.05, 0.1) is 0 Å². The molecule has 1 N–H and O–H groups in total. The molecule has 0 aromatic carbocycles. The van der Waals surface area contributed by atoms with Gasteiger partial charge in [-0.2, -0.15) is 0 Å². The van der Waals surface area contributed by atoms with E-state index in [0.717, 1.165) is 18.5 Å². The van der Waals surface area contributed by atoms with Gasteiger partial charge >= 0.3 is 0 Å². The standard InChI is InChI=1S/C11H25N/c1-5-8-9-11(12-7-3)10(4)6-2/h10-12H,5-9H2,1-4H3. The van der Waals surface area contributed by atoms with Crippen molar-refractivity contribution in [3.05, 3.63) is 0 Å². The van der Waals surface area contributed by atoms with Crippen LogP contribution < -0.4 is 5.32 Å². The third-order valence-corrected chi connectivity index (χ3v) is 2.67. The first-order valence-electron chi connectivity index (χ1n) is 5.49. The molecule has 0 radical (unpaired) electrons. The lowest BCUT2D eigenvalue weighted by atomic mass is 9.94. The number of unbranched alkanes of at least 4 members (excludes halogenated alkanes) is 1. The highest BCUT2D eigenvalue weighted by Gasteiger charge is 2.12. The maximum Gasteiger partial charge on any atom is 0.00924 e. The highest BCUT2D eigenvalue weighted by Crippen LogP contribution is 2.13. The van der Waals surface area contributed by atoms with Crippen LogP contribution >= 0.6 is 0 Å². The molecule has 0 aromatic heterocycles. The van der Waals surface area contributed by atoms with Gasteiger partial charge in [-0.3, -0.25) is 0 Å². The van der Waals surface area contributed by atoms with Crippen molar-refractivity contribution in [2.45, 2.75) is 59.4 Å². The summed E-state index contributed by atoms with van der Waals surface area (Å²) < 4.78 is 0. The highest BCUT2D eigenvalue weighted by atomic mass is 14.9. The fourth-order valence-corrected chi connectivity index (χ4v) is 1.56. The van der Waals surface area contributed by atoms with Crippen molar-refractivity contribution in [1.82, 2.24) is 5.32 Å². The second-order valence-corrected chi connectivity index (χ2v) is 3.69. The molecule has 0 saturated carbocycles. The summed E-state index contributed by atoms with van der Waals surface area (Å²) >= 11 is 0. The molecule has 2 unspecified atom stereocenters. The van der Waals surface area contributed by atoms with Crippen LogP contribution in [-0.2, 0) is 0 Å². The molecule has 0 aliphatic heterocycles. The van der Waals surface area contributed by atoms with Crippen molar-refractivity contribution in [1.29, 1.82) is 0 Å². The van der Waals surface area contributed by atoms with Crippen LogP contribution in [0.25, 0.3) is 0 Å². The third-order valence-electron chi connectivity index (χ3n) is 2.67. The third kappa shape index (κ3) is 4.76. The van der Waals surface area contributed by atoms with Gasteiger partial charge in [0.2, 0.25) is 0 Å². The topological polar surface area (TPSA) is 12.0 Å². The van der Waals surface area contributed by atoms with E-state index in [1.165, 1.54) is 25.7 Å². The summed E-state index contributed by atoms with van der Waals surface area (Å²) in [5, 5.41) is 3.57. The van der Waals surface area contributed by atoms with E-state index in [2.05, 4.69) is 33.0 Å². The maximum absolute atomic E-state index is 3.57. The van der Waals surface area contributed by atoms with Crippen molar-refractivity contribution < 1.29 is 0 Å². The van der Waals surface area contributed by atoms with Gasteiger partial charge in [0, 0.05) is 6.04 Å². The van der Waals surface area contributed by atoms with Gasteiger partial charge in [-0.1, -0.05) is 47.0 Å². The molecule has 1 heteroatoms. The molecule has 2 atom stereocenters. The van der Waals surface area contributed by atoms with Crippen molar-refractivity contribution >= 4 is 0 Å². The van der Waals surface area contributed by atoms with Crippen LogP contribution in [0.1, 0.15) is 53.4 Å². The van der Waals surface area contributed by atoms with Crippen molar-refractivity contribution in [2.24, 2.45) is 5.92 Å². The van der Waals surface area contributed by atoms with Crippen molar-refractivity contribution in [3.63, 3.8) is 0 Å². The Kier molecular flexibility index (Phi) is 7.58. The van der Waals surface area contributed by atoms with E-state index in [-0.39, 0.29) is 0 Å². The summed E-state index contributed by atoms with van der Waals surface area (Å²) in [6, 6.07) is 0.750. The Hall–Kier alpha value is -0.0400. The number of hydrogen-bond acceptors (Lipinski definition) is 1. The first-order chi connectivity index (χ1) is 5.76. The molecule has 0 spiro atoms. The van der Waals surface area contributed by atoms with Crippen LogP contribution in [0.15, 0.2) is 0 Å². The van der Waals surface area contributed by atoms with E-state index >= 15 is 0 Å². The number of rotatable bonds is 7. The molecule has 12 heavy (non-hydrogen) atoms. The van der Waals surface area contributed by atoms with Gasteiger partial charge in [-0.05, 0) is 18.9 Å². The molecular formula is C11H25N. The average molecular weight is 171 g/mol. The van der Waals surface area contributed by atoms with Crippen LogP contribution in [0.5, 0.6) is 0 Å². The molecule has 0 aliphatic rings. The van der Waals surface area contributed by atoms with Crippen LogP contribution in [0.3, 0.4) is 0 Å². The summed E-state index contributed by atoms with van der Waals surface area (Å²) in [4.78, 5) is 0. The quantitative estimate of drug-likeness (QED) is 0.620. The second kappa shape index (κ2) is 7.60.